The molecule has 0 aliphatic heterocycles. The highest BCUT2D eigenvalue weighted by Crippen LogP contribution is 2.24. The molecule has 1 amide bonds. The first kappa shape index (κ1) is 15.5. The van der Waals surface area contributed by atoms with E-state index in [4.69, 9.17) is 5.73 Å². The lowest BCUT2D eigenvalue weighted by molar-refractivity contribution is 0.0935. The lowest BCUT2D eigenvalue weighted by Gasteiger charge is -2.21. The molecule has 0 radical (unpaired) electrons. The molecule has 21 heavy (non-hydrogen) atoms. The molecule has 0 spiro atoms. The molecular formula is C16H21N3OS. The summed E-state index contributed by atoms with van der Waals surface area (Å²) in [7, 11) is 0. The van der Waals surface area contributed by atoms with Crippen molar-refractivity contribution in [1.82, 2.24) is 10.3 Å². The number of nitrogens with zero attached hydrogens (tertiary/aromatic N) is 1. The number of anilines is 1. The van der Waals surface area contributed by atoms with Crippen molar-refractivity contribution in [3.05, 3.63) is 46.5 Å². The van der Waals surface area contributed by atoms with E-state index in [-0.39, 0.29) is 11.9 Å². The molecule has 1 heterocycles. The number of aromatic nitrogens is 1. The van der Waals surface area contributed by atoms with Gasteiger partial charge in [0.1, 0.15) is 4.88 Å². The number of hydrogen-bond acceptors (Lipinski definition) is 4. The zero-order valence-electron chi connectivity index (χ0n) is 12.6. The Hall–Kier alpha value is -1.88. The normalized spacial score (nSPS) is 12.4. The zero-order valence-corrected chi connectivity index (χ0v) is 13.4. The smallest absolute Gasteiger partial charge is 0.263 e. The van der Waals surface area contributed by atoms with Gasteiger partial charge in [-0.3, -0.25) is 4.79 Å². The maximum absolute atomic E-state index is 12.4. The molecule has 2 aromatic rings. The second kappa shape index (κ2) is 6.72. The number of hydrogen-bond donors (Lipinski definition) is 2. The van der Waals surface area contributed by atoms with Crippen LogP contribution in [0.2, 0.25) is 0 Å². The number of nitrogens with one attached hydrogen (secondary N) is 1. The van der Waals surface area contributed by atoms with Crippen molar-refractivity contribution < 1.29 is 4.79 Å². The molecule has 3 N–H and O–H groups in total. The number of benzene rings is 1. The Balaban J connectivity index is 2.19. The Labute approximate surface area is 129 Å². The number of nitrogen functional groups attached to an aromatic ring is 1. The van der Waals surface area contributed by atoms with Crippen molar-refractivity contribution in [2.75, 3.05) is 5.73 Å². The van der Waals surface area contributed by atoms with E-state index in [2.05, 4.69) is 24.1 Å². The summed E-state index contributed by atoms with van der Waals surface area (Å²) in [5.74, 6) is 0.388. The summed E-state index contributed by atoms with van der Waals surface area (Å²) in [4.78, 5) is 17.2. The maximum Gasteiger partial charge on any atom is 0.263 e. The van der Waals surface area contributed by atoms with Gasteiger partial charge in [-0.25, -0.2) is 4.98 Å². The quantitative estimate of drug-likeness (QED) is 0.887. The van der Waals surface area contributed by atoms with Crippen LogP contribution >= 0.6 is 11.3 Å². The molecule has 5 heteroatoms. The van der Waals surface area contributed by atoms with Crippen molar-refractivity contribution in [3.63, 3.8) is 0 Å². The highest BCUT2D eigenvalue weighted by atomic mass is 32.1. The van der Waals surface area contributed by atoms with Crippen molar-refractivity contribution in [1.29, 1.82) is 0 Å². The van der Waals surface area contributed by atoms with Gasteiger partial charge in [-0.1, -0.05) is 55.5 Å². The summed E-state index contributed by atoms with van der Waals surface area (Å²) in [5.41, 5.74) is 7.47. The van der Waals surface area contributed by atoms with E-state index in [0.717, 1.165) is 12.0 Å². The van der Waals surface area contributed by atoms with Crippen LogP contribution < -0.4 is 11.1 Å². The van der Waals surface area contributed by atoms with E-state index in [1.165, 1.54) is 11.3 Å². The van der Waals surface area contributed by atoms with Crippen LogP contribution in [-0.4, -0.2) is 10.9 Å². The van der Waals surface area contributed by atoms with E-state index in [9.17, 15) is 4.79 Å². The molecule has 0 saturated heterocycles. The molecule has 112 valence electrons. The molecule has 0 saturated carbocycles. The average Bonchev–Trinajstić information content (AvgIpc) is 2.77. The predicted octanol–water partition coefficient (Wildman–Crippen LogP) is 3.55. The van der Waals surface area contributed by atoms with Crippen LogP contribution in [-0.2, 0) is 0 Å². The van der Waals surface area contributed by atoms with Gasteiger partial charge in [0.25, 0.3) is 5.91 Å². The van der Waals surface area contributed by atoms with Gasteiger partial charge >= 0.3 is 0 Å². The Morgan fingerprint density at radius 3 is 2.52 bits per heavy atom. The molecule has 1 atom stereocenters. The van der Waals surface area contributed by atoms with Crippen LogP contribution in [0, 0.1) is 12.8 Å². The van der Waals surface area contributed by atoms with Crippen LogP contribution in [0.5, 0.6) is 0 Å². The summed E-state index contributed by atoms with van der Waals surface area (Å²) >= 11 is 1.23. The minimum atomic E-state index is -0.101. The molecule has 0 bridgehead atoms. The van der Waals surface area contributed by atoms with E-state index in [1.54, 1.807) is 0 Å². The molecule has 0 aliphatic rings. The molecule has 1 aromatic heterocycles. The number of rotatable bonds is 5. The van der Waals surface area contributed by atoms with Gasteiger partial charge in [0.05, 0.1) is 11.7 Å². The molecule has 4 nitrogen and oxygen atoms in total. The molecule has 2 rings (SSSR count). The number of amides is 1. The third-order valence-corrected chi connectivity index (χ3v) is 4.22. The maximum atomic E-state index is 12.4. The van der Waals surface area contributed by atoms with Crippen molar-refractivity contribution >= 4 is 22.4 Å². The van der Waals surface area contributed by atoms with Crippen molar-refractivity contribution in [2.24, 2.45) is 5.92 Å². The second-order valence-corrected chi connectivity index (χ2v) is 6.56. The summed E-state index contributed by atoms with van der Waals surface area (Å²) in [5, 5.41) is 3.54. The topological polar surface area (TPSA) is 68.0 Å². The van der Waals surface area contributed by atoms with Gasteiger partial charge in [-0.2, -0.15) is 0 Å². The third-order valence-electron chi connectivity index (χ3n) is 3.23. The van der Waals surface area contributed by atoms with Gasteiger partial charge in [-0.15, -0.1) is 0 Å². The highest BCUT2D eigenvalue weighted by Gasteiger charge is 2.20. The van der Waals surface area contributed by atoms with Crippen LogP contribution in [0.25, 0.3) is 0 Å². The minimum Gasteiger partial charge on any atom is -0.375 e. The number of carbonyl (C=O) groups excluding carboxylic acids is 1. The third kappa shape index (κ3) is 4.04. The summed E-state index contributed by atoms with van der Waals surface area (Å²) in [6.07, 6.45) is 0.892. The largest absolute Gasteiger partial charge is 0.375 e. The lowest BCUT2D eigenvalue weighted by Crippen LogP contribution is -2.29. The van der Waals surface area contributed by atoms with Crippen LogP contribution in [0.3, 0.4) is 0 Å². The minimum absolute atomic E-state index is 0.00132. The summed E-state index contributed by atoms with van der Waals surface area (Å²) in [6.45, 7) is 6.11. The number of aryl methyl sites for hydroxylation is 1. The summed E-state index contributed by atoms with van der Waals surface area (Å²) in [6, 6.07) is 10.0. The Morgan fingerprint density at radius 2 is 2.00 bits per heavy atom. The van der Waals surface area contributed by atoms with Crippen LogP contribution in [0.1, 0.15) is 47.2 Å². The fourth-order valence-electron chi connectivity index (χ4n) is 2.29. The standard InChI is InChI=1S/C16H21N3OS/c1-10(2)9-13(12-7-5-4-6-8-12)19-15(20)14-11(3)18-16(17)21-14/h4-8,10,13H,9H2,1-3H3,(H2,17,18)(H,19,20). The summed E-state index contributed by atoms with van der Waals surface area (Å²) < 4.78 is 0. The van der Waals surface area contributed by atoms with Gasteiger partial charge < -0.3 is 11.1 Å². The predicted molar refractivity (Wildman–Crippen MR) is 87.4 cm³/mol. The molecule has 1 aromatic carbocycles. The molecule has 1 unspecified atom stereocenters. The van der Waals surface area contributed by atoms with E-state index in [1.807, 2.05) is 37.3 Å². The number of carbonyl (C=O) groups is 1. The number of thiazole rings is 1. The van der Waals surface area contributed by atoms with Gasteiger partial charge in [0.15, 0.2) is 5.13 Å². The monoisotopic (exact) mass is 303 g/mol. The van der Waals surface area contributed by atoms with Crippen LogP contribution in [0.4, 0.5) is 5.13 Å². The van der Waals surface area contributed by atoms with Gasteiger partial charge in [0, 0.05) is 0 Å². The number of nitrogens with two attached hydrogens (primary N) is 1. The SMILES string of the molecule is Cc1nc(N)sc1C(=O)NC(CC(C)C)c1ccccc1. The fourth-order valence-corrected chi connectivity index (χ4v) is 3.02. The first-order valence-electron chi connectivity index (χ1n) is 7.06. The lowest BCUT2D eigenvalue weighted by atomic mass is 9.97. The Morgan fingerprint density at radius 1 is 1.33 bits per heavy atom. The molecule has 0 fully saturated rings. The van der Waals surface area contributed by atoms with Crippen LogP contribution in [0.15, 0.2) is 30.3 Å². The Kier molecular flexibility index (Phi) is 4.96. The first-order valence-corrected chi connectivity index (χ1v) is 7.87. The second-order valence-electron chi connectivity index (χ2n) is 5.53. The molecule has 0 aliphatic carbocycles. The van der Waals surface area contributed by atoms with E-state index < -0.39 is 0 Å². The van der Waals surface area contributed by atoms with Crippen molar-refractivity contribution in [3.8, 4) is 0 Å². The molecular weight excluding hydrogens is 282 g/mol. The average molecular weight is 303 g/mol. The van der Waals surface area contributed by atoms with Gasteiger partial charge in [-0.05, 0) is 24.8 Å². The van der Waals surface area contributed by atoms with E-state index in [0.29, 0.717) is 21.6 Å². The Bertz CT molecular complexity index is 607. The van der Waals surface area contributed by atoms with Gasteiger partial charge in [0.2, 0.25) is 0 Å². The zero-order chi connectivity index (χ0) is 15.4. The highest BCUT2D eigenvalue weighted by molar-refractivity contribution is 7.17. The van der Waals surface area contributed by atoms with E-state index >= 15 is 0 Å². The first-order chi connectivity index (χ1) is 9.97. The van der Waals surface area contributed by atoms with Crippen molar-refractivity contribution in [2.45, 2.75) is 33.2 Å². The fraction of sp³-hybridized carbons (Fsp3) is 0.375.